The molecule has 0 aromatic rings. The van der Waals surface area contributed by atoms with Gasteiger partial charge in [-0.3, -0.25) is 4.79 Å². The Balaban J connectivity index is 1.72. The van der Waals surface area contributed by atoms with Gasteiger partial charge in [0.05, 0.1) is 11.5 Å². The van der Waals surface area contributed by atoms with Crippen molar-refractivity contribution in [3.8, 4) is 0 Å². The number of rotatable bonds is 3. The normalized spacial score (nSPS) is 31.3. The van der Waals surface area contributed by atoms with Gasteiger partial charge in [0, 0.05) is 26.2 Å². The summed E-state index contributed by atoms with van der Waals surface area (Å²) in [4.78, 5) is 11.3. The Labute approximate surface area is 91.1 Å². The molecule has 2 aliphatic rings. The van der Waals surface area contributed by atoms with E-state index in [9.17, 15) is 4.79 Å². The Morgan fingerprint density at radius 1 is 1.40 bits per heavy atom. The Kier molecular flexibility index (Phi) is 3.12. The van der Waals surface area contributed by atoms with E-state index in [1.54, 1.807) is 0 Å². The van der Waals surface area contributed by atoms with Crippen molar-refractivity contribution in [3.05, 3.63) is 0 Å². The van der Waals surface area contributed by atoms with E-state index >= 15 is 0 Å². The van der Waals surface area contributed by atoms with Crippen LogP contribution in [0.2, 0.25) is 0 Å². The molecule has 2 rings (SSSR count). The molecule has 1 saturated carbocycles. The smallest absolute Gasteiger partial charge is 0.143 e. The summed E-state index contributed by atoms with van der Waals surface area (Å²) in [6.07, 6.45) is 2.95. The lowest BCUT2D eigenvalue weighted by Crippen LogP contribution is -2.51. The second-order valence-corrected chi connectivity index (χ2v) is 5.23. The first-order valence-corrected chi connectivity index (χ1v) is 5.83. The van der Waals surface area contributed by atoms with Crippen LogP contribution in [0, 0.1) is 11.3 Å². The molecular weight excluding hydrogens is 192 g/mol. The van der Waals surface area contributed by atoms with E-state index in [1.165, 1.54) is 0 Å². The predicted molar refractivity (Wildman–Crippen MR) is 56.7 cm³/mol. The molecule has 1 heterocycles. The molecule has 86 valence electrons. The molecule has 1 aliphatic carbocycles. The van der Waals surface area contributed by atoms with E-state index in [0.717, 1.165) is 32.7 Å². The van der Waals surface area contributed by atoms with Crippen molar-refractivity contribution in [2.24, 2.45) is 11.3 Å². The first kappa shape index (κ1) is 11.1. The Morgan fingerprint density at radius 3 is 2.60 bits per heavy atom. The molecule has 0 spiro atoms. The van der Waals surface area contributed by atoms with Gasteiger partial charge in [-0.15, -0.1) is 0 Å². The number of Topliss-reactive ketones (excluding diaryl/α,β-unsaturated/α-hetero) is 1. The third kappa shape index (κ3) is 2.23. The SMILES string of the molecule is CC1(C)C(=O)CC1OCC1CCOCC1. The third-order valence-corrected chi connectivity index (χ3v) is 3.77. The number of ether oxygens (including phenoxy) is 2. The summed E-state index contributed by atoms with van der Waals surface area (Å²) >= 11 is 0. The first-order chi connectivity index (χ1) is 7.10. The summed E-state index contributed by atoms with van der Waals surface area (Å²) in [7, 11) is 0. The lowest BCUT2D eigenvalue weighted by Gasteiger charge is -2.42. The van der Waals surface area contributed by atoms with Crippen molar-refractivity contribution >= 4 is 5.78 Å². The number of ketones is 1. The molecule has 3 nitrogen and oxygen atoms in total. The average Bonchev–Trinajstić information content (AvgIpc) is 2.25. The van der Waals surface area contributed by atoms with Gasteiger partial charge in [0.1, 0.15) is 5.78 Å². The second kappa shape index (κ2) is 4.22. The van der Waals surface area contributed by atoms with Gasteiger partial charge in [-0.1, -0.05) is 13.8 Å². The van der Waals surface area contributed by atoms with Gasteiger partial charge in [0.2, 0.25) is 0 Å². The van der Waals surface area contributed by atoms with Crippen LogP contribution in [0.4, 0.5) is 0 Å². The zero-order valence-corrected chi connectivity index (χ0v) is 9.62. The number of hydrogen-bond acceptors (Lipinski definition) is 3. The van der Waals surface area contributed by atoms with E-state index in [4.69, 9.17) is 9.47 Å². The molecule has 0 aromatic carbocycles. The molecule has 1 saturated heterocycles. The molecule has 0 radical (unpaired) electrons. The van der Waals surface area contributed by atoms with Gasteiger partial charge < -0.3 is 9.47 Å². The fraction of sp³-hybridized carbons (Fsp3) is 0.917. The molecule has 15 heavy (non-hydrogen) atoms. The molecule has 3 heteroatoms. The molecular formula is C12H20O3. The van der Waals surface area contributed by atoms with Crippen molar-refractivity contribution in [2.45, 2.75) is 39.2 Å². The lowest BCUT2D eigenvalue weighted by molar-refractivity contribution is -0.161. The minimum absolute atomic E-state index is 0.146. The zero-order chi connectivity index (χ0) is 10.9. The van der Waals surface area contributed by atoms with Crippen molar-refractivity contribution in [2.75, 3.05) is 19.8 Å². The summed E-state index contributed by atoms with van der Waals surface area (Å²) in [5.41, 5.74) is -0.245. The standard InChI is InChI=1S/C12H20O3/c1-12(2)10(13)7-11(12)15-8-9-3-5-14-6-4-9/h9,11H,3-8H2,1-2H3. The van der Waals surface area contributed by atoms with E-state index < -0.39 is 0 Å². The highest BCUT2D eigenvalue weighted by Gasteiger charge is 2.48. The molecule has 1 unspecified atom stereocenters. The highest BCUT2D eigenvalue weighted by atomic mass is 16.5. The van der Waals surface area contributed by atoms with Crippen molar-refractivity contribution in [3.63, 3.8) is 0 Å². The van der Waals surface area contributed by atoms with E-state index in [0.29, 0.717) is 18.1 Å². The first-order valence-electron chi connectivity index (χ1n) is 5.83. The molecule has 0 amide bonds. The topological polar surface area (TPSA) is 35.5 Å². The predicted octanol–water partition coefficient (Wildman–Crippen LogP) is 1.80. The maximum atomic E-state index is 11.3. The number of carbonyl (C=O) groups is 1. The molecule has 2 fully saturated rings. The maximum Gasteiger partial charge on any atom is 0.143 e. The van der Waals surface area contributed by atoms with Crippen LogP contribution in [0.25, 0.3) is 0 Å². The van der Waals surface area contributed by atoms with Gasteiger partial charge >= 0.3 is 0 Å². The van der Waals surface area contributed by atoms with Gasteiger partial charge in [0.25, 0.3) is 0 Å². The largest absolute Gasteiger partial charge is 0.381 e. The third-order valence-electron chi connectivity index (χ3n) is 3.77. The van der Waals surface area contributed by atoms with Crippen molar-refractivity contribution < 1.29 is 14.3 Å². The van der Waals surface area contributed by atoms with Crippen LogP contribution in [0.5, 0.6) is 0 Å². The van der Waals surface area contributed by atoms with Crippen LogP contribution in [0.3, 0.4) is 0 Å². The zero-order valence-electron chi connectivity index (χ0n) is 9.62. The van der Waals surface area contributed by atoms with Crippen LogP contribution >= 0.6 is 0 Å². The van der Waals surface area contributed by atoms with Gasteiger partial charge in [-0.05, 0) is 18.8 Å². The number of carbonyl (C=O) groups excluding carboxylic acids is 1. The molecule has 0 N–H and O–H groups in total. The Morgan fingerprint density at radius 2 is 2.07 bits per heavy atom. The lowest BCUT2D eigenvalue weighted by atomic mass is 9.68. The maximum absolute atomic E-state index is 11.3. The Bertz CT molecular complexity index is 241. The van der Waals surface area contributed by atoms with Crippen LogP contribution in [0.15, 0.2) is 0 Å². The van der Waals surface area contributed by atoms with Gasteiger partial charge in [-0.25, -0.2) is 0 Å². The average molecular weight is 212 g/mol. The fourth-order valence-corrected chi connectivity index (χ4v) is 2.17. The summed E-state index contributed by atoms with van der Waals surface area (Å²) in [6.45, 7) is 6.48. The minimum Gasteiger partial charge on any atom is -0.381 e. The minimum atomic E-state index is -0.245. The summed E-state index contributed by atoms with van der Waals surface area (Å²) in [6, 6.07) is 0. The highest BCUT2D eigenvalue weighted by molar-refractivity contribution is 5.91. The number of hydrogen-bond donors (Lipinski definition) is 0. The Hall–Kier alpha value is -0.410. The quantitative estimate of drug-likeness (QED) is 0.715. The van der Waals surface area contributed by atoms with Gasteiger partial charge in [0.15, 0.2) is 0 Å². The monoisotopic (exact) mass is 212 g/mol. The molecule has 0 bridgehead atoms. The molecule has 0 aromatic heterocycles. The summed E-state index contributed by atoms with van der Waals surface area (Å²) < 4.78 is 11.1. The summed E-state index contributed by atoms with van der Waals surface area (Å²) in [5.74, 6) is 0.963. The van der Waals surface area contributed by atoms with E-state index in [2.05, 4.69) is 0 Å². The van der Waals surface area contributed by atoms with Crippen LogP contribution in [0.1, 0.15) is 33.1 Å². The van der Waals surface area contributed by atoms with E-state index in [-0.39, 0.29) is 11.5 Å². The summed E-state index contributed by atoms with van der Waals surface area (Å²) in [5, 5.41) is 0. The second-order valence-electron chi connectivity index (χ2n) is 5.23. The van der Waals surface area contributed by atoms with E-state index in [1.807, 2.05) is 13.8 Å². The van der Waals surface area contributed by atoms with Crippen molar-refractivity contribution in [1.82, 2.24) is 0 Å². The molecule has 1 atom stereocenters. The van der Waals surface area contributed by atoms with Crippen molar-refractivity contribution in [1.29, 1.82) is 0 Å². The van der Waals surface area contributed by atoms with Crippen LogP contribution < -0.4 is 0 Å². The van der Waals surface area contributed by atoms with Crippen LogP contribution in [-0.2, 0) is 14.3 Å². The molecule has 1 aliphatic heterocycles. The van der Waals surface area contributed by atoms with Crippen LogP contribution in [-0.4, -0.2) is 31.7 Å². The van der Waals surface area contributed by atoms with Gasteiger partial charge in [-0.2, -0.15) is 0 Å². The fourth-order valence-electron chi connectivity index (χ4n) is 2.17. The highest BCUT2D eigenvalue weighted by Crippen LogP contribution is 2.39.